The molecule has 0 aliphatic heterocycles. The molecule has 34 heavy (non-hydrogen) atoms. The summed E-state index contributed by atoms with van der Waals surface area (Å²) in [6, 6.07) is 12.5. The fraction of sp³-hybridized carbons (Fsp3) is 0.250. The van der Waals surface area contributed by atoms with Gasteiger partial charge in [0.25, 0.3) is 5.56 Å². The van der Waals surface area contributed by atoms with E-state index in [0.717, 1.165) is 9.69 Å². The Balaban J connectivity index is 1.74. The molecule has 9 nitrogen and oxygen atoms in total. The summed E-state index contributed by atoms with van der Waals surface area (Å²) in [7, 11) is 3.11. The average molecular weight is 481 g/mol. The lowest BCUT2D eigenvalue weighted by Crippen LogP contribution is -2.30. The van der Waals surface area contributed by atoms with Crippen molar-refractivity contribution in [3.8, 4) is 28.5 Å². The first-order chi connectivity index (χ1) is 16.4. The third-order valence-corrected chi connectivity index (χ3v) is 6.00. The van der Waals surface area contributed by atoms with Crippen LogP contribution in [0.25, 0.3) is 21.5 Å². The van der Waals surface area contributed by atoms with Gasteiger partial charge in [0.1, 0.15) is 18.0 Å². The van der Waals surface area contributed by atoms with E-state index in [2.05, 4.69) is 15.4 Å². The zero-order valence-corrected chi connectivity index (χ0v) is 20.1. The largest absolute Gasteiger partial charge is 0.493 e. The predicted molar refractivity (Wildman–Crippen MR) is 131 cm³/mol. The van der Waals surface area contributed by atoms with Crippen LogP contribution in [-0.2, 0) is 11.3 Å². The number of aryl methyl sites for hydroxylation is 1. The molecule has 0 fully saturated rings. The van der Waals surface area contributed by atoms with E-state index in [1.807, 2.05) is 26.0 Å². The molecule has 2 aromatic carbocycles. The van der Waals surface area contributed by atoms with Gasteiger partial charge in [-0.1, -0.05) is 12.1 Å². The van der Waals surface area contributed by atoms with Crippen LogP contribution in [0.4, 0.5) is 5.69 Å². The second-order valence-electron chi connectivity index (χ2n) is 7.27. The van der Waals surface area contributed by atoms with Crippen LogP contribution in [0.5, 0.6) is 17.2 Å². The maximum atomic E-state index is 13.1. The molecular weight excluding hydrogens is 456 g/mol. The van der Waals surface area contributed by atoms with E-state index in [0.29, 0.717) is 45.5 Å². The number of anilines is 1. The molecule has 2 heterocycles. The summed E-state index contributed by atoms with van der Waals surface area (Å²) >= 11 is 1.37. The van der Waals surface area contributed by atoms with Gasteiger partial charge in [-0.3, -0.25) is 9.59 Å². The minimum Gasteiger partial charge on any atom is -0.493 e. The molecule has 0 radical (unpaired) electrons. The molecule has 2 aromatic heterocycles. The van der Waals surface area contributed by atoms with Gasteiger partial charge in [0, 0.05) is 5.56 Å². The molecule has 4 rings (SSSR count). The van der Waals surface area contributed by atoms with Gasteiger partial charge in [-0.05, 0) is 44.2 Å². The highest BCUT2D eigenvalue weighted by atomic mass is 32.1. The number of fused-ring (bicyclic) bond motifs is 1. The summed E-state index contributed by atoms with van der Waals surface area (Å²) < 4.78 is 18.1. The molecule has 176 valence electrons. The highest BCUT2D eigenvalue weighted by molar-refractivity contribution is 7.19. The molecular formula is C24H24N4O5S. The summed E-state index contributed by atoms with van der Waals surface area (Å²) in [6.07, 6.45) is 0. The normalized spacial score (nSPS) is 10.8. The molecule has 1 N–H and O–H groups in total. The predicted octanol–water partition coefficient (Wildman–Crippen LogP) is 3.88. The first kappa shape index (κ1) is 23.2. The number of aromatic nitrogens is 3. The zero-order chi connectivity index (χ0) is 24.2. The van der Waals surface area contributed by atoms with Crippen LogP contribution in [-0.4, -0.2) is 41.5 Å². The van der Waals surface area contributed by atoms with Gasteiger partial charge in [0.15, 0.2) is 17.0 Å². The van der Waals surface area contributed by atoms with Crippen molar-refractivity contribution in [2.24, 2.45) is 0 Å². The van der Waals surface area contributed by atoms with E-state index < -0.39 is 11.5 Å². The number of para-hydroxylation sites is 2. The van der Waals surface area contributed by atoms with Gasteiger partial charge in [0.05, 0.1) is 36.2 Å². The number of thiazole rings is 1. The van der Waals surface area contributed by atoms with E-state index in [1.54, 1.807) is 44.6 Å². The van der Waals surface area contributed by atoms with Gasteiger partial charge >= 0.3 is 0 Å². The van der Waals surface area contributed by atoms with Crippen molar-refractivity contribution in [1.82, 2.24) is 14.8 Å². The van der Waals surface area contributed by atoms with Crippen LogP contribution in [0.15, 0.2) is 47.3 Å². The summed E-state index contributed by atoms with van der Waals surface area (Å²) in [6.45, 7) is 3.86. The molecule has 10 heteroatoms. The average Bonchev–Trinajstić information content (AvgIpc) is 3.23. The Morgan fingerprint density at radius 1 is 1.09 bits per heavy atom. The van der Waals surface area contributed by atoms with Crippen molar-refractivity contribution >= 4 is 33.1 Å². The third-order valence-electron chi connectivity index (χ3n) is 5.02. The van der Waals surface area contributed by atoms with E-state index >= 15 is 0 Å². The Kier molecular flexibility index (Phi) is 6.78. The Bertz CT molecular complexity index is 1410. The molecule has 0 saturated heterocycles. The number of rotatable bonds is 8. The minimum atomic E-state index is -0.433. The summed E-state index contributed by atoms with van der Waals surface area (Å²) in [5.41, 5.74) is 1.60. The molecule has 0 bridgehead atoms. The second-order valence-corrected chi connectivity index (χ2v) is 8.47. The molecule has 0 spiro atoms. The van der Waals surface area contributed by atoms with Crippen molar-refractivity contribution in [3.05, 3.63) is 57.8 Å². The summed E-state index contributed by atoms with van der Waals surface area (Å²) in [5, 5.41) is 8.07. The molecule has 4 aromatic rings. The van der Waals surface area contributed by atoms with Crippen molar-refractivity contribution in [2.45, 2.75) is 20.4 Å². The maximum absolute atomic E-state index is 13.1. The molecule has 0 saturated carbocycles. The van der Waals surface area contributed by atoms with E-state index in [9.17, 15) is 9.59 Å². The van der Waals surface area contributed by atoms with Crippen molar-refractivity contribution in [2.75, 3.05) is 26.1 Å². The van der Waals surface area contributed by atoms with Gasteiger partial charge in [0.2, 0.25) is 5.91 Å². The monoisotopic (exact) mass is 480 g/mol. The lowest BCUT2D eigenvalue weighted by Gasteiger charge is -2.13. The van der Waals surface area contributed by atoms with E-state index in [1.165, 1.54) is 11.3 Å². The quantitative estimate of drug-likeness (QED) is 0.408. The lowest BCUT2D eigenvalue weighted by atomic mass is 10.1. The van der Waals surface area contributed by atoms with Crippen LogP contribution < -0.4 is 25.1 Å². The number of nitrogens with one attached hydrogen (secondary N) is 1. The fourth-order valence-corrected chi connectivity index (χ4v) is 4.44. The first-order valence-corrected chi connectivity index (χ1v) is 11.4. The lowest BCUT2D eigenvalue weighted by molar-refractivity contribution is -0.117. The smallest absolute Gasteiger partial charge is 0.294 e. The van der Waals surface area contributed by atoms with Crippen LogP contribution in [0.1, 0.15) is 11.9 Å². The third kappa shape index (κ3) is 4.58. The Hall–Kier alpha value is -3.92. The van der Waals surface area contributed by atoms with Crippen LogP contribution >= 0.6 is 11.3 Å². The molecule has 1 amide bonds. The summed E-state index contributed by atoms with van der Waals surface area (Å²) in [5.74, 6) is 1.24. The topological polar surface area (TPSA) is 105 Å². The van der Waals surface area contributed by atoms with Crippen LogP contribution in [0, 0.1) is 6.92 Å². The first-order valence-electron chi connectivity index (χ1n) is 10.6. The minimum absolute atomic E-state index is 0.268. The number of carbonyl (C=O) groups excluding carboxylic acids is 1. The number of carbonyl (C=O) groups is 1. The second kappa shape index (κ2) is 9.92. The number of nitrogens with zero attached hydrogens (tertiary/aromatic N) is 3. The number of ether oxygens (including phenoxy) is 3. The highest BCUT2D eigenvalue weighted by Gasteiger charge is 2.19. The van der Waals surface area contributed by atoms with Gasteiger partial charge in [-0.2, -0.15) is 5.10 Å². The molecule has 0 unspecified atom stereocenters. The van der Waals surface area contributed by atoms with Gasteiger partial charge in [-0.15, -0.1) is 11.3 Å². The SMILES string of the molecule is CCOc1ccccc1NC(=O)Cn1nc(-c2ccc(OC)c(OC)c2)c2sc(C)nc2c1=O. The molecule has 0 atom stereocenters. The standard InChI is InChI=1S/C24H24N4O5S/c1-5-33-17-9-7-6-8-16(17)26-20(29)13-28-24(30)22-23(34-14(2)25-22)21(27-28)15-10-11-18(31-3)19(12-15)32-4/h6-12H,5,13H2,1-4H3,(H,26,29). The van der Waals surface area contributed by atoms with Crippen molar-refractivity contribution < 1.29 is 19.0 Å². The highest BCUT2D eigenvalue weighted by Crippen LogP contribution is 2.35. The fourth-order valence-electron chi connectivity index (χ4n) is 3.52. The number of hydrogen-bond acceptors (Lipinski definition) is 8. The molecule has 0 aliphatic rings. The van der Waals surface area contributed by atoms with Crippen molar-refractivity contribution in [1.29, 1.82) is 0 Å². The van der Waals surface area contributed by atoms with E-state index in [4.69, 9.17) is 14.2 Å². The van der Waals surface area contributed by atoms with Crippen LogP contribution in [0.3, 0.4) is 0 Å². The van der Waals surface area contributed by atoms with E-state index in [-0.39, 0.29) is 12.1 Å². The Morgan fingerprint density at radius 2 is 1.85 bits per heavy atom. The number of hydrogen-bond donors (Lipinski definition) is 1. The number of benzene rings is 2. The summed E-state index contributed by atoms with van der Waals surface area (Å²) in [4.78, 5) is 30.3. The van der Waals surface area contributed by atoms with Crippen molar-refractivity contribution in [3.63, 3.8) is 0 Å². The molecule has 0 aliphatic carbocycles. The maximum Gasteiger partial charge on any atom is 0.294 e. The zero-order valence-electron chi connectivity index (χ0n) is 19.2. The Morgan fingerprint density at radius 3 is 2.59 bits per heavy atom. The van der Waals surface area contributed by atoms with Gasteiger partial charge in [-0.25, -0.2) is 9.67 Å². The van der Waals surface area contributed by atoms with Gasteiger partial charge < -0.3 is 19.5 Å². The van der Waals surface area contributed by atoms with Crippen LogP contribution in [0.2, 0.25) is 0 Å². The Labute approximate surface area is 199 Å². The number of amides is 1. The number of methoxy groups -OCH3 is 2.